The number of hydrogen-bond donors (Lipinski definition) is 2. The third kappa shape index (κ3) is 6.33. The molecular weight excluding hydrogens is 366 g/mol. The highest BCUT2D eigenvalue weighted by Crippen LogP contribution is 2.19. The van der Waals surface area contributed by atoms with Crippen molar-refractivity contribution in [3.05, 3.63) is 99.6 Å². The molecule has 0 aliphatic heterocycles. The Morgan fingerprint density at radius 2 is 1.66 bits per heavy atom. The van der Waals surface area contributed by atoms with E-state index in [2.05, 4.69) is 47.9 Å². The molecule has 3 rings (SSSR count). The van der Waals surface area contributed by atoms with Crippen LogP contribution in [0.3, 0.4) is 0 Å². The van der Waals surface area contributed by atoms with Crippen LogP contribution in [0.1, 0.15) is 16.7 Å². The number of para-hydroxylation sites is 1. The maximum absolute atomic E-state index is 10.7. The van der Waals surface area contributed by atoms with Crippen LogP contribution in [-0.2, 0) is 13.2 Å². The molecule has 3 aromatic rings. The third-order valence-corrected chi connectivity index (χ3v) is 4.51. The van der Waals surface area contributed by atoms with Crippen molar-refractivity contribution in [2.75, 3.05) is 18.4 Å². The first kappa shape index (κ1) is 20.4. The molecule has 3 aromatic carbocycles. The van der Waals surface area contributed by atoms with E-state index in [4.69, 9.17) is 4.74 Å². The van der Waals surface area contributed by atoms with Crippen LogP contribution in [0.4, 0.5) is 11.4 Å². The normalized spacial score (nSPS) is 10.5. The Morgan fingerprint density at radius 3 is 2.38 bits per heavy atom. The Kier molecular flexibility index (Phi) is 7.19. The van der Waals surface area contributed by atoms with Crippen LogP contribution in [-0.4, -0.2) is 18.0 Å². The van der Waals surface area contributed by atoms with E-state index in [1.807, 2.05) is 18.2 Å². The van der Waals surface area contributed by atoms with E-state index < -0.39 is 4.92 Å². The van der Waals surface area contributed by atoms with Gasteiger partial charge in [0.05, 0.1) is 4.92 Å². The first-order chi connectivity index (χ1) is 14.1. The Balaban J connectivity index is 1.43. The number of anilines is 1. The van der Waals surface area contributed by atoms with Gasteiger partial charge in [-0.15, -0.1) is 0 Å². The molecule has 0 aliphatic carbocycles. The Hall–Kier alpha value is -3.38. The number of nitrogens with one attached hydrogen (secondary N) is 2. The zero-order valence-electron chi connectivity index (χ0n) is 16.4. The number of hydrogen-bond acceptors (Lipinski definition) is 5. The maximum atomic E-state index is 10.7. The number of nitro benzene ring substituents is 1. The van der Waals surface area contributed by atoms with E-state index in [0.717, 1.165) is 29.1 Å². The molecular formula is C23H25N3O3. The molecule has 0 amide bonds. The van der Waals surface area contributed by atoms with Crippen LogP contribution in [0.5, 0.6) is 5.75 Å². The largest absolute Gasteiger partial charge is 0.489 e. The summed E-state index contributed by atoms with van der Waals surface area (Å²) in [7, 11) is 0. The van der Waals surface area contributed by atoms with E-state index in [9.17, 15) is 10.1 Å². The predicted octanol–water partition coefficient (Wildman–Crippen LogP) is 4.68. The molecule has 0 aromatic heterocycles. The molecule has 0 radical (unpaired) electrons. The lowest BCUT2D eigenvalue weighted by atomic mass is 10.1. The summed E-state index contributed by atoms with van der Waals surface area (Å²) in [6.07, 6.45) is 0. The molecule has 150 valence electrons. The van der Waals surface area contributed by atoms with Gasteiger partial charge in [-0.05, 0) is 30.7 Å². The highest BCUT2D eigenvalue weighted by molar-refractivity contribution is 5.48. The van der Waals surface area contributed by atoms with Crippen LogP contribution >= 0.6 is 0 Å². The van der Waals surface area contributed by atoms with Crippen LogP contribution in [0.25, 0.3) is 0 Å². The number of non-ortho nitro benzene ring substituents is 1. The van der Waals surface area contributed by atoms with Crippen molar-refractivity contribution < 1.29 is 9.66 Å². The monoisotopic (exact) mass is 391 g/mol. The standard InChI is InChI=1S/C23H25N3O3/c1-18-6-8-19(9-7-18)17-29-23-5-3-2-4-20(23)16-24-14-15-25-21-10-12-22(13-11-21)26(27)28/h2-13,24-25H,14-17H2,1H3. The fraction of sp³-hybridized carbons (Fsp3) is 0.217. The summed E-state index contributed by atoms with van der Waals surface area (Å²) >= 11 is 0. The molecule has 0 saturated heterocycles. The quantitative estimate of drug-likeness (QED) is 0.298. The van der Waals surface area contributed by atoms with E-state index in [-0.39, 0.29) is 5.69 Å². The summed E-state index contributed by atoms with van der Waals surface area (Å²) in [5, 5.41) is 17.3. The number of ether oxygens (including phenoxy) is 1. The third-order valence-electron chi connectivity index (χ3n) is 4.51. The molecule has 0 bridgehead atoms. The minimum absolute atomic E-state index is 0.0934. The van der Waals surface area contributed by atoms with Gasteiger partial charge in [0.15, 0.2) is 0 Å². The molecule has 0 spiro atoms. The minimum Gasteiger partial charge on any atom is -0.489 e. The average molecular weight is 391 g/mol. The topological polar surface area (TPSA) is 76.4 Å². The van der Waals surface area contributed by atoms with Gasteiger partial charge in [-0.1, -0.05) is 48.0 Å². The fourth-order valence-corrected chi connectivity index (χ4v) is 2.86. The second-order valence-corrected chi connectivity index (χ2v) is 6.79. The molecule has 0 saturated carbocycles. The number of benzene rings is 3. The van der Waals surface area contributed by atoms with Gasteiger partial charge >= 0.3 is 0 Å². The van der Waals surface area contributed by atoms with E-state index in [1.54, 1.807) is 12.1 Å². The van der Waals surface area contributed by atoms with E-state index >= 15 is 0 Å². The van der Waals surface area contributed by atoms with Crippen molar-refractivity contribution >= 4 is 11.4 Å². The number of rotatable bonds is 10. The molecule has 29 heavy (non-hydrogen) atoms. The van der Waals surface area contributed by atoms with Crippen LogP contribution in [0.2, 0.25) is 0 Å². The Morgan fingerprint density at radius 1 is 0.931 bits per heavy atom. The Bertz CT molecular complexity index is 925. The lowest BCUT2D eigenvalue weighted by Crippen LogP contribution is -2.22. The van der Waals surface area contributed by atoms with Gasteiger partial charge in [-0.25, -0.2) is 0 Å². The van der Waals surface area contributed by atoms with Gasteiger partial charge in [0.2, 0.25) is 0 Å². The molecule has 0 unspecified atom stereocenters. The van der Waals surface area contributed by atoms with E-state index in [0.29, 0.717) is 19.7 Å². The second kappa shape index (κ2) is 10.2. The molecule has 0 fully saturated rings. The number of aryl methyl sites for hydroxylation is 1. The smallest absolute Gasteiger partial charge is 0.269 e. The van der Waals surface area contributed by atoms with Gasteiger partial charge in [0, 0.05) is 43.0 Å². The fourth-order valence-electron chi connectivity index (χ4n) is 2.86. The zero-order chi connectivity index (χ0) is 20.5. The first-order valence-electron chi connectivity index (χ1n) is 9.57. The van der Waals surface area contributed by atoms with Gasteiger partial charge in [0.25, 0.3) is 5.69 Å². The van der Waals surface area contributed by atoms with E-state index in [1.165, 1.54) is 17.7 Å². The molecule has 0 heterocycles. The zero-order valence-corrected chi connectivity index (χ0v) is 16.4. The van der Waals surface area contributed by atoms with Crippen molar-refractivity contribution in [3.8, 4) is 5.75 Å². The molecule has 6 heteroatoms. The molecule has 2 N–H and O–H groups in total. The van der Waals surface area contributed by atoms with Crippen molar-refractivity contribution in [2.24, 2.45) is 0 Å². The van der Waals surface area contributed by atoms with Crippen molar-refractivity contribution in [1.29, 1.82) is 0 Å². The van der Waals surface area contributed by atoms with Crippen molar-refractivity contribution in [3.63, 3.8) is 0 Å². The molecule has 0 aliphatic rings. The number of nitrogens with zero attached hydrogens (tertiary/aromatic N) is 1. The lowest BCUT2D eigenvalue weighted by Gasteiger charge is -2.13. The van der Waals surface area contributed by atoms with Crippen molar-refractivity contribution in [2.45, 2.75) is 20.1 Å². The summed E-state index contributed by atoms with van der Waals surface area (Å²) in [6.45, 7) is 4.78. The average Bonchev–Trinajstić information content (AvgIpc) is 2.74. The summed E-state index contributed by atoms with van der Waals surface area (Å²) in [6, 6.07) is 22.8. The predicted molar refractivity (Wildman–Crippen MR) is 115 cm³/mol. The first-order valence-corrected chi connectivity index (χ1v) is 9.57. The van der Waals surface area contributed by atoms with Gasteiger partial charge < -0.3 is 15.4 Å². The molecule has 6 nitrogen and oxygen atoms in total. The minimum atomic E-state index is -0.399. The summed E-state index contributed by atoms with van der Waals surface area (Å²) in [5.41, 5.74) is 4.44. The van der Waals surface area contributed by atoms with Crippen LogP contribution in [0, 0.1) is 17.0 Å². The highest BCUT2D eigenvalue weighted by Gasteiger charge is 2.05. The number of nitro groups is 1. The summed E-state index contributed by atoms with van der Waals surface area (Å²) < 4.78 is 6.01. The van der Waals surface area contributed by atoms with Crippen molar-refractivity contribution in [1.82, 2.24) is 5.32 Å². The lowest BCUT2D eigenvalue weighted by molar-refractivity contribution is -0.384. The SMILES string of the molecule is Cc1ccc(COc2ccccc2CNCCNc2ccc([N+](=O)[O-])cc2)cc1. The van der Waals surface area contributed by atoms with Gasteiger partial charge in [-0.2, -0.15) is 0 Å². The second-order valence-electron chi connectivity index (χ2n) is 6.79. The van der Waals surface area contributed by atoms with Crippen LogP contribution in [0.15, 0.2) is 72.8 Å². The van der Waals surface area contributed by atoms with Gasteiger partial charge in [0.1, 0.15) is 12.4 Å². The van der Waals surface area contributed by atoms with Crippen LogP contribution < -0.4 is 15.4 Å². The summed E-state index contributed by atoms with van der Waals surface area (Å²) in [4.78, 5) is 10.3. The Labute approximate surface area is 170 Å². The van der Waals surface area contributed by atoms with Gasteiger partial charge in [-0.3, -0.25) is 10.1 Å². The molecule has 0 atom stereocenters. The maximum Gasteiger partial charge on any atom is 0.269 e. The highest BCUT2D eigenvalue weighted by atomic mass is 16.6. The summed E-state index contributed by atoms with van der Waals surface area (Å²) in [5.74, 6) is 0.879.